The standard InChI is InChI=1S/C17H24N2/c1-4-17(2,3)12-19-11-15-9-13-7-5-6-8-14(13)10-16(15)18/h5-10,19H,4,11-12,18H2,1-3H3. The van der Waals surface area contributed by atoms with Crippen LogP contribution in [0.15, 0.2) is 36.4 Å². The van der Waals surface area contributed by atoms with Gasteiger partial charge < -0.3 is 11.1 Å². The molecule has 0 saturated heterocycles. The molecule has 0 amide bonds. The molecule has 102 valence electrons. The molecule has 0 unspecified atom stereocenters. The summed E-state index contributed by atoms with van der Waals surface area (Å²) >= 11 is 0. The molecule has 0 atom stereocenters. The number of nitrogens with two attached hydrogens (primary N) is 1. The smallest absolute Gasteiger partial charge is 0.0366 e. The van der Waals surface area contributed by atoms with Crippen molar-refractivity contribution in [2.45, 2.75) is 33.7 Å². The van der Waals surface area contributed by atoms with E-state index in [1.54, 1.807) is 0 Å². The molecular formula is C17H24N2. The average molecular weight is 256 g/mol. The summed E-state index contributed by atoms with van der Waals surface area (Å²) in [6.07, 6.45) is 1.17. The summed E-state index contributed by atoms with van der Waals surface area (Å²) in [7, 11) is 0. The van der Waals surface area contributed by atoms with Gasteiger partial charge >= 0.3 is 0 Å². The van der Waals surface area contributed by atoms with Crippen molar-refractivity contribution < 1.29 is 0 Å². The fourth-order valence-corrected chi connectivity index (χ4v) is 2.12. The lowest BCUT2D eigenvalue weighted by Gasteiger charge is -2.23. The van der Waals surface area contributed by atoms with Crippen LogP contribution in [0.5, 0.6) is 0 Å². The summed E-state index contributed by atoms with van der Waals surface area (Å²) in [5.41, 5.74) is 8.53. The maximum atomic E-state index is 6.13. The summed E-state index contributed by atoms with van der Waals surface area (Å²) in [4.78, 5) is 0. The molecule has 0 saturated carbocycles. The number of hydrogen-bond acceptors (Lipinski definition) is 2. The fraction of sp³-hybridized carbons (Fsp3) is 0.412. The molecule has 0 aliphatic carbocycles. The van der Waals surface area contributed by atoms with E-state index in [0.29, 0.717) is 5.41 Å². The highest BCUT2D eigenvalue weighted by Gasteiger charge is 2.14. The van der Waals surface area contributed by atoms with Crippen LogP contribution in [0.1, 0.15) is 32.8 Å². The van der Waals surface area contributed by atoms with Gasteiger partial charge in [0, 0.05) is 18.8 Å². The molecule has 0 radical (unpaired) electrons. The average Bonchev–Trinajstić information content (AvgIpc) is 2.39. The zero-order valence-corrected chi connectivity index (χ0v) is 12.2. The topological polar surface area (TPSA) is 38.0 Å². The molecule has 0 aliphatic rings. The lowest BCUT2D eigenvalue weighted by atomic mass is 9.90. The van der Waals surface area contributed by atoms with E-state index in [-0.39, 0.29) is 0 Å². The van der Waals surface area contributed by atoms with Gasteiger partial charge in [0.25, 0.3) is 0 Å². The second-order valence-corrected chi connectivity index (χ2v) is 6.02. The number of nitrogen functional groups attached to an aromatic ring is 1. The predicted molar refractivity (Wildman–Crippen MR) is 84.1 cm³/mol. The van der Waals surface area contributed by atoms with Crippen molar-refractivity contribution in [1.82, 2.24) is 5.32 Å². The first kappa shape index (κ1) is 13.9. The molecule has 0 aromatic heterocycles. The Labute approximate surface area is 116 Å². The predicted octanol–water partition coefficient (Wildman–Crippen LogP) is 3.95. The van der Waals surface area contributed by atoms with Crippen molar-refractivity contribution in [2.75, 3.05) is 12.3 Å². The van der Waals surface area contributed by atoms with Crippen LogP contribution >= 0.6 is 0 Å². The first-order valence-electron chi connectivity index (χ1n) is 7.00. The van der Waals surface area contributed by atoms with Gasteiger partial charge in [0.1, 0.15) is 0 Å². The van der Waals surface area contributed by atoms with Crippen molar-refractivity contribution in [3.63, 3.8) is 0 Å². The molecule has 3 N–H and O–H groups in total. The van der Waals surface area contributed by atoms with E-state index >= 15 is 0 Å². The number of hydrogen-bond donors (Lipinski definition) is 2. The van der Waals surface area contributed by atoms with E-state index in [0.717, 1.165) is 18.8 Å². The van der Waals surface area contributed by atoms with Gasteiger partial charge in [-0.3, -0.25) is 0 Å². The third kappa shape index (κ3) is 3.48. The zero-order valence-electron chi connectivity index (χ0n) is 12.2. The van der Waals surface area contributed by atoms with Crippen LogP contribution in [0.3, 0.4) is 0 Å². The Morgan fingerprint density at radius 1 is 1.11 bits per heavy atom. The van der Waals surface area contributed by atoms with Crippen LogP contribution in [0.4, 0.5) is 5.69 Å². The monoisotopic (exact) mass is 256 g/mol. The van der Waals surface area contributed by atoms with E-state index in [9.17, 15) is 0 Å². The highest BCUT2D eigenvalue weighted by molar-refractivity contribution is 5.86. The third-order valence-corrected chi connectivity index (χ3v) is 3.88. The summed E-state index contributed by atoms with van der Waals surface area (Å²) in [6, 6.07) is 12.6. The van der Waals surface area contributed by atoms with Crippen LogP contribution in [-0.2, 0) is 6.54 Å². The molecule has 2 nitrogen and oxygen atoms in total. The van der Waals surface area contributed by atoms with Crippen molar-refractivity contribution in [3.05, 3.63) is 42.0 Å². The second kappa shape index (κ2) is 5.62. The summed E-state index contributed by atoms with van der Waals surface area (Å²) in [6.45, 7) is 8.63. The Bertz CT molecular complexity index is 558. The number of benzene rings is 2. The molecule has 2 aromatic rings. The number of fused-ring (bicyclic) bond motifs is 1. The SMILES string of the molecule is CCC(C)(C)CNCc1cc2ccccc2cc1N. The highest BCUT2D eigenvalue weighted by atomic mass is 14.9. The first-order chi connectivity index (χ1) is 9.02. The lowest BCUT2D eigenvalue weighted by Crippen LogP contribution is -2.28. The molecule has 2 heteroatoms. The normalized spacial score (nSPS) is 11.9. The van der Waals surface area contributed by atoms with Crippen molar-refractivity contribution in [2.24, 2.45) is 5.41 Å². The van der Waals surface area contributed by atoms with E-state index in [1.165, 1.54) is 22.8 Å². The van der Waals surface area contributed by atoms with Crippen LogP contribution < -0.4 is 11.1 Å². The van der Waals surface area contributed by atoms with E-state index in [2.05, 4.69) is 56.4 Å². The minimum absolute atomic E-state index is 0.339. The molecule has 0 aliphatic heterocycles. The zero-order chi connectivity index (χ0) is 13.9. The maximum absolute atomic E-state index is 6.13. The molecule has 0 heterocycles. The van der Waals surface area contributed by atoms with Gasteiger partial charge in [0.15, 0.2) is 0 Å². The van der Waals surface area contributed by atoms with Crippen molar-refractivity contribution in [1.29, 1.82) is 0 Å². The molecule has 0 spiro atoms. The van der Waals surface area contributed by atoms with E-state index in [1.807, 2.05) is 6.07 Å². The minimum Gasteiger partial charge on any atom is -0.398 e. The van der Waals surface area contributed by atoms with Gasteiger partial charge in [-0.15, -0.1) is 0 Å². The van der Waals surface area contributed by atoms with Crippen LogP contribution in [0.25, 0.3) is 10.8 Å². The van der Waals surface area contributed by atoms with E-state index < -0.39 is 0 Å². The Morgan fingerprint density at radius 3 is 2.37 bits per heavy atom. The summed E-state index contributed by atoms with van der Waals surface area (Å²) in [5, 5.41) is 5.98. The van der Waals surface area contributed by atoms with Gasteiger partial charge in [-0.05, 0) is 40.3 Å². The van der Waals surface area contributed by atoms with Crippen LogP contribution in [0.2, 0.25) is 0 Å². The molecule has 0 fully saturated rings. The highest BCUT2D eigenvalue weighted by Crippen LogP contribution is 2.22. The number of rotatable bonds is 5. The largest absolute Gasteiger partial charge is 0.398 e. The molecule has 2 rings (SSSR count). The minimum atomic E-state index is 0.339. The number of anilines is 1. The summed E-state index contributed by atoms with van der Waals surface area (Å²) < 4.78 is 0. The Hall–Kier alpha value is -1.54. The van der Waals surface area contributed by atoms with Crippen LogP contribution in [-0.4, -0.2) is 6.54 Å². The lowest BCUT2D eigenvalue weighted by molar-refractivity contribution is 0.328. The van der Waals surface area contributed by atoms with Gasteiger partial charge in [-0.25, -0.2) is 0 Å². The van der Waals surface area contributed by atoms with E-state index in [4.69, 9.17) is 5.73 Å². The van der Waals surface area contributed by atoms with Gasteiger partial charge in [-0.2, -0.15) is 0 Å². The Balaban J connectivity index is 2.10. The first-order valence-corrected chi connectivity index (χ1v) is 7.00. The van der Waals surface area contributed by atoms with Gasteiger partial charge in [0.2, 0.25) is 0 Å². The molecular weight excluding hydrogens is 232 g/mol. The maximum Gasteiger partial charge on any atom is 0.0366 e. The van der Waals surface area contributed by atoms with Gasteiger partial charge in [0.05, 0.1) is 0 Å². The Kier molecular flexibility index (Phi) is 4.11. The van der Waals surface area contributed by atoms with Crippen molar-refractivity contribution >= 4 is 16.5 Å². The van der Waals surface area contributed by atoms with Gasteiger partial charge in [-0.1, -0.05) is 45.0 Å². The third-order valence-electron chi connectivity index (χ3n) is 3.88. The quantitative estimate of drug-likeness (QED) is 0.795. The van der Waals surface area contributed by atoms with Crippen LogP contribution in [0, 0.1) is 5.41 Å². The second-order valence-electron chi connectivity index (χ2n) is 6.02. The molecule has 2 aromatic carbocycles. The molecule has 0 bridgehead atoms. The Morgan fingerprint density at radius 2 is 1.74 bits per heavy atom. The summed E-state index contributed by atoms with van der Waals surface area (Å²) in [5.74, 6) is 0. The van der Waals surface area contributed by atoms with Crippen molar-refractivity contribution in [3.8, 4) is 0 Å². The fourth-order valence-electron chi connectivity index (χ4n) is 2.12. The number of nitrogens with one attached hydrogen (secondary N) is 1. The molecule has 19 heavy (non-hydrogen) atoms.